The fraction of sp³-hybridized carbons (Fsp3) is 0.400. The van der Waals surface area contributed by atoms with Crippen LogP contribution in [0.25, 0.3) is 0 Å². The first-order valence-electron chi connectivity index (χ1n) is 9.31. The van der Waals surface area contributed by atoms with Gasteiger partial charge >= 0.3 is 6.09 Å². The third-order valence-corrected chi connectivity index (χ3v) is 6.34. The van der Waals surface area contributed by atoms with Gasteiger partial charge in [0.15, 0.2) is 5.72 Å². The van der Waals surface area contributed by atoms with Gasteiger partial charge in [0, 0.05) is 31.6 Å². The fourth-order valence-electron chi connectivity index (χ4n) is 3.31. The third-order valence-electron chi connectivity index (χ3n) is 5.11. The zero-order valence-electron chi connectivity index (χ0n) is 15.6. The average molecular weight is 420 g/mol. The zero-order valence-corrected chi connectivity index (χ0v) is 17.2. The molecule has 1 aliphatic carbocycles. The lowest BCUT2D eigenvalue weighted by Crippen LogP contribution is -2.41. The monoisotopic (exact) mass is 419 g/mol. The number of benzene rings is 1. The van der Waals surface area contributed by atoms with Gasteiger partial charge in [-0.1, -0.05) is 17.7 Å². The van der Waals surface area contributed by atoms with Crippen molar-refractivity contribution in [3.8, 4) is 0 Å². The van der Waals surface area contributed by atoms with Gasteiger partial charge in [-0.15, -0.1) is 11.3 Å². The SMILES string of the molecule is CN1CCc2ccc(NC(=O)OC3(NC(=O)c4ccc(Cl)s4)CC3)cc2CC1. The van der Waals surface area contributed by atoms with E-state index in [1.807, 2.05) is 12.1 Å². The highest BCUT2D eigenvalue weighted by molar-refractivity contribution is 7.18. The predicted molar refractivity (Wildman–Crippen MR) is 110 cm³/mol. The molecule has 28 heavy (non-hydrogen) atoms. The Kier molecular flexibility index (Phi) is 5.31. The molecule has 0 saturated heterocycles. The van der Waals surface area contributed by atoms with E-state index >= 15 is 0 Å². The summed E-state index contributed by atoms with van der Waals surface area (Å²) in [5, 5.41) is 5.59. The molecule has 1 fully saturated rings. The highest BCUT2D eigenvalue weighted by atomic mass is 35.5. The molecule has 0 unspecified atom stereocenters. The number of carbonyl (C=O) groups is 2. The molecule has 2 aliphatic rings. The third kappa shape index (κ3) is 4.48. The number of amides is 2. The van der Waals surface area contributed by atoms with E-state index < -0.39 is 11.8 Å². The standard InChI is InChI=1S/C20H22ClN3O3S/c1-24-10-6-13-2-3-15(12-14(13)7-11-24)22-19(26)27-20(8-9-20)23-18(25)16-4-5-17(21)28-16/h2-5,12H,6-11H2,1H3,(H,22,26)(H,23,25). The first kappa shape index (κ1) is 19.2. The number of hydrogen-bond acceptors (Lipinski definition) is 5. The number of anilines is 1. The molecule has 2 amide bonds. The maximum absolute atomic E-state index is 12.4. The minimum Gasteiger partial charge on any atom is -0.423 e. The van der Waals surface area contributed by atoms with Crippen molar-refractivity contribution in [2.45, 2.75) is 31.4 Å². The van der Waals surface area contributed by atoms with Crippen LogP contribution < -0.4 is 10.6 Å². The molecule has 0 radical (unpaired) electrons. The Morgan fingerprint density at radius 1 is 1.14 bits per heavy atom. The predicted octanol–water partition coefficient (Wildman–Crippen LogP) is 3.90. The Labute approximate surface area is 172 Å². The molecule has 0 atom stereocenters. The van der Waals surface area contributed by atoms with E-state index in [1.54, 1.807) is 12.1 Å². The van der Waals surface area contributed by atoms with Crippen LogP contribution in [-0.2, 0) is 17.6 Å². The molecular formula is C20H22ClN3O3S. The van der Waals surface area contributed by atoms with E-state index in [0.717, 1.165) is 25.9 Å². The van der Waals surface area contributed by atoms with Crippen LogP contribution >= 0.6 is 22.9 Å². The fourth-order valence-corrected chi connectivity index (χ4v) is 4.24. The van der Waals surface area contributed by atoms with Gasteiger partial charge in [-0.2, -0.15) is 0 Å². The van der Waals surface area contributed by atoms with Gasteiger partial charge in [-0.25, -0.2) is 4.79 Å². The number of thiophene rings is 1. The highest BCUT2D eigenvalue weighted by Crippen LogP contribution is 2.38. The summed E-state index contributed by atoms with van der Waals surface area (Å²) in [5.41, 5.74) is 2.36. The minimum atomic E-state index is -0.925. The first-order chi connectivity index (χ1) is 13.4. The summed E-state index contributed by atoms with van der Waals surface area (Å²) in [6.45, 7) is 2.04. The average Bonchev–Trinajstić information content (AvgIpc) is 3.30. The Hall–Kier alpha value is -2.09. The summed E-state index contributed by atoms with van der Waals surface area (Å²) >= 11 is 7.07. The minimum absolute atomic E-state index is 0.281. The Bertz CT molecular complexity index is 910. The van der Waals surface area contributed by atoms with Gasteiger partial charge in [-0.3, -0.25) is 10.1 Å². The lowest BCUT2D eigenvalue weighted by molar-refractivity contribution is 0.0586. The number of halogens is 1. The molecule has 0 bridgehead atoms. The Morgan fingerprint density at radius 3 is 2.57 bits per heavy atom. The molecule has 1 aromatic carbocycles. The summed E-state index contributed by atoms with van der Waals surface area (Å²) < 4.78 is 6.06. The summed E-state index contributed by atoms with van der Waals surface area (Å²) in [5.74, 6) is -0.281. The number of carbonyl (C=O) groups excluding carboxylic acids is 2. The van der Waals surface area contributed by atoms with Gasteiger partial charge in [0.05, 0.1) is 9.21 Å². The van der Waals surface area contributed by atoms with Gasteiger partial charge in [0.1, 0.15) is 0 Å². The van der Waals surface area contributed by atoms with E-state index in [0.29, 0.717) is 27.7 Å². The normalized spacial score (nSPS) is 17.9. The van der Waals surface area contributed by atoms with Crippen LogP contribution in [0.4, 0.5) is 10.5 Å². The van der Waals surface area contributed by atoms with Crippen LogP contribution in [-0.4, -0.2) is 42.8 Å². The van der Waals surface area contributed by atoms with Crippen molar-refractivity contribution in [2.75, 3.05) is 25.5 Å². The Balaban J connectivity index is 1.36. The molecular weight excluding hydrogens is 398 g/mol. The summed E-state index contributed by atoms with van der Waals surface area (Å²) in [7, 11) is 2.12. The molecule has 0 spiro atoms. The zero-order chi connectivity index (χ0) is 19.7. The largest absolute Gasteiger partial charge is 0.423 e. The Morgan fingerprint density at radius 2 is 1.89 bits per heavy atom. The number of fused-ring (bicyclic) bond motifs is 1. The molecule has 1 saturated carbocycles. The number of rotatable bonds is 4. The van der Waals surface area contributed by atoms with Gasteiger partial charge in [0.2, 0.25) is 0 Å². The maximum Gasteiger partial charge on any atom is 0.413 e. The number of nitrogens with zero attached hydrogens (tertiary/aromatic N) is 1. The smallest absolute Gasteiger partial charge is 0.413 e. The van der Waals surface area contributed by atoms with E-state index in [-0.39, 0.29) is 5.91 Å². The lowest BCUT2D eigenvalue weighted by atomic mass is 10.0. The van der Waals surface area contributed by atoms with Crippen LogP contribution in [0.3, 0.4) is 0 Å². The van der Waals surface area contributed by atoms with E-state index in [1.165, 1.54) is 22.5 Å². The second-order valence-electron chi connectivity index (χ2n) is 7.35. The maximum atomic E-state index is 12.4. The van der Waals surface area contributed by atoms with Crippen LogP contribution in [0, 0.1) is 0 Å². The van der Waals surface area contributed by atoms with Crippen molar-refractivity contribution >= 4 is 40.6 Å². The molecule has 4 rings (SSSR count). The van der Waals surface area contributed by atoms with Crippen molar-refractivity contribution in [1.29, 1.82) is 0 Å². The summed E-state index contributed by atoms with van der Waals surface area (Å²) in [6, 6.07) is 9.31. The van der Waals surface area contributed by atoms with Crippen LogP contribution in [0.1, 0.15) is 33.6 Å². The molecule has 1 aromatic heterocycles. The molecule has 8 heteroatoms. The van der Waals surface area contributed by atoms with E-state index in [9.17, 15) is 9.59 Å². The number of likely N-dealkylation sites (N-methyl/N-ethyl adjacent to an activating group) is 1. The van der Waals surface area contributed by atoms with Crippen molar-refractivity contribution in [3.63, 3.8) is 0 Å². The topological polar surface area (TPSA) is 70.7 Å². The summed E-state index contributed by atoms with van der Waals surface area (Å²) in [4.78, 5) is 27.5. The van der Waals surface area contributed by atoms with Crippen LogP contribution in [0.5, 0.6) is 0 Å². The second-order valence-corrected chi connectivity index (χ2v) is 9.07. The first-order valence-corrected chi connectivity index (χ1v) is 10.5. The van der Waals surface area contributed by atoms with Crippen molar-refractivity contribution in [1.82, 2.24) is 10.2 Å². The van der Waals surface area contributed by atoms with Crippen LogP contribution in [0.15, 0.2) is 30.3 Å². The van der Waals surface area contributed by atoms with Gasteiger partial charge < -0.3 is 15.0 Å². The molecule has 148 valence electrons. The van der Waals surface area contributed by atoms with E-state index in [4.69, 9.17) is 16.3 Å². The van der Waals surface area contributed by atoms with Crippen molar-refractivity contribution in [3.05, 3.63) is 50.7 Å². The highest BCUT2D eigenvalue weighted by Gasteiger charge is 2.49. The van der Waals surface area contributed by atoms with Gasteiger partial charge in [-0.05, 0) is 55.3 Å². The number of hydrogen-bond donors (Lipinski definition) is 2. The van der Waals surface area contributed by atoms with Crippen LogP contribution in [0.2, 0.25) is 4.34 Å². The molecule has 2 N–H and O–H groups in total. The molecule has 1 aliphatic heterocycles. The van der Waals surface area contributed by atoms with E-state index in [2.05, 4.69) is 28.6 Å². The number of ether oxygens (including phenoxy) is 1. The van der Waals surface area contributed by atoms with Gasteiger partial charge in [0.25, 0.3) is 5.91 Å². The number of nitrogens with one attached hydrogen (secondary N) is 2. The summed E-state index contributed by atoms with van der Waals surface area (Å²) in [6.07, 6.45) is 2.61. The molecule has 6 nitrogen and oxygen atoms in total. The second kappa shape index (κ2) is 7.73. The molecule has 2 heterocycles. The van der Waals surface area contributed by atoms with Crippen molar-refractivity contribution in [2.24, 2.45) is 0 Å². The lowest BCUT2D eigenvalue weighted by Gasteiger charge is -2.18. The molecule has 2 aromatic rings. The quantitative estimate of drug-likeness (QED) is 0.737. The van der Waals surface area contributed by atoms with Crippen molar-refractivity contribution < 1.29 is 14.3 Å².